The Bertz CT molecular complexity index is 313. The minimum Gasteiger partial charge on any atom is -0.432 e. The van der Waals surface area contributed by atoms with Gasteiger partial charge in [0, 0.05) is 0 Å². The monoisotopic (exact) mass is 212 g/mol. The summed E-state index contributed by atoms with van der Waals surface area (Å²) in [5, 5.41) is 0. The van der Waals surface area contributed by atoms with Crippen LogP contribution in [0.3, 0.4) is 0 Å². The molecule has 1 nitrogen and oxygen atoms in total. The molecule has 0 aliphatic rings. The molecule has 0 unspecified atom stereocenters. The second-order valence-corrected chi connectivity index (χ2v) is 2.34. The van der Waals surface area contributed by atoms with Gasteiger partial charge in [-0.3, -0.25) is 0 Å². The Balaban J connectivity index is 3.01. The van der Waals surface area contributed by atoms with E-state index in [1.165, 1.54) is 0 Å². The first-order valence-corrected chi connectivity index (χ1v) is 3.53. The predicted octanol–water partition coefficient (Wildman–Crippen LogP) is 3.36. The predicted molar refractivity (Wildman–Crippen MR) is 38.0 cm³/mol. The van der Waals surface area contributed by atoms with E-state index < -0.39 is 30.2 Å². The molecular weight excluding hydrogens is 207 g/mol. The molecule has 0 aliphatic heterocycles. The summed E-state index contributed by atoms with van der Waals surface area (Å²) in [6, 6.07) is 2.67. The van der Waals surface area contributed by atoms with Crippen molar-refractivity contribution in [3.63, 3.8) is 0 Å². The summed E-state index contributed by atoms with van der Waals surface area (Å²) in [5.41, 5.74) is -0.955. The highest BCUT2D eigenvalue weighted by atomic mass is 19.3. The first kappa shape index (κ1) is 10.7. The molecule has 0 atom stereocenters. The minimum absolute atomic E-state index is 0.804. The fraction of sp³-hybridized carbons (Fsp3) is 0.250. The number of halogens is 5. The van der Waals surface area contributed by atoms with Gasteiger partial charge >= 0.3 is 6.61 Å². The Morgan fingerprint density at radius 2 is 1.71 bits per heavy atom. The van der Waals surface area contributed by atoms with Crippen LogP contribution >= 0.6 is 0 Å². The van der Waals surface area contributed by atoms with Crippen LogP contribution in [0.15, 0.2) is 18.2 Å². The highest BCUT2D eigenvalue weighted by molar-refractivity contribution is 5.31. The summed E-state index contributed by atoms with van der Waals surface area (Å²) in [6.45, 7) is -3.24. The molecule has 0 heterocycles. The van der Waals surface area contributed by atoms with E-state index in [0.717, 1.165) is 18.2 Å². The highest BCUT2D eigenvalue weighted by Crippen LogP contribution is 2.28. The maximum absolute atomic E-state index is 12.9. The van der Waals surface area contributed by atoms with Crippen molar-refractivity contribution >= 4 is 0 Å². The summed E-state index contributed by atoms with van der Waals surface area (Å²) >= 11 is 0. The first-order valence-electron chi connectivity index (χ1n) is 3.53. The van der Waals surface area contributed by atoms with E-state index in [1.807, 2.05) is 0 Å². The normalized spacial score (nSPS) is 11.1. The van der Waals surface area contributed by atoms with Gasteiger partial charge in [-0.1, -0.05) is 12.1 Å². The molecule has 0 aliphatic carbocycles. The van der Waals surface area contributed by atoms with E-state index in [1.54, 1.807) is 0 Å². The van der Waals surface area contributed by atoms with Gasteiger partial charge in [0.15, 0.2) is 11.6 Å². The van der Waals surface area contributed by atoms with Crippen LogP contribution in [0.2, 0.25) is 0 Å². The van der Waals surface area contributed by atoms with Crippen LogP contribution in [0, 0.1) is 5.82 Å². The van der Waals surface area contributed by atoms with Crippen molar-refractivity contribution in [2.75, 3.05) is 0 Å². The van der Waals surface area contributed by atoms with Gasteiger partial charge in [0.25, 0.3) is 6.43 Å². The molecule has 1 rings (SSSR count). The smallest absolute Gasteiger partial charge is 0.387 e. The summed E-state index contributed by atoms with van der Waals surface area (Å²) in [6.07, 6.45) is -3.06. The minimum atomic E-state index is -3.24. The number of hydrogen-bond acceptors (Lipinski definition) is 1. The molecule has 0 N–H and O–H groups in total. The molecule has 0 spiro atoms. The van der Waals surface area contributed by atoms with Crippen LogP contribution in [-0.4, -0.2) is 6.61 Å². The molecule has 0 fully saturated rings. The van der Waals surface area contributed by atoms with Crippen molar-refractivity contribution < 1.29 is 26.7 Å². The third-order valence-corrected chi connectivity index (χ3v) is 1.44. The molecule has 0 radical (unpaired) electrons. The number of ether oxygens (including phenoxy) is 1. The van der Waals surface area contributed by atoms with Crippen molar-refractivity contribution in [3.8, 4) is 5.75 Å². The summed E-state index contributed by atoms with van der Waals surface area (Å²) < 4.78 is 64.1. The largest absolute Gasteiger partial charge is 0.432 e. The Morgan fingerprint density at radius 1 is 1.07 bits per heavy atom. The SMILES string of the molecule is Fc1c(OC(F)F)cccc1C(F)F. The zero-order chi connectivity index (χ0) is 10.7. The molecule has 0 bridgehead atoms. The summed E-state index contributed by atoms with van der Waals surface area (Å²) in [7, 11) is 0. The molecule has 78 valence electrons. The zero-order valence-electron chi connectivity index (χ0n) is 6.68. The Kier molecular flexibility index (Phi) is 3.27. The maximum atomic E-state index is 12.9. The molecule has 0 saturated carbocycles. The van der Waals surface area contributed by atoms with Gasteiger partial charge in [-0.15, -0.1) is 0 Å². The van der Waals surface area contributed by atoms with E-state index in [4.69, 9.17) is 0 Å². The van der Waals surface area contributed by atoms with E-state index in [9.17, 15) is 22.0 Å². The highest BCUT2D eigenvalue weighted by Gasteiger charge is 2.18. The van der Waals surface area contributed by atoms with Crippen LogP contribution in [0.25, 0.3) is 0 Å². The lowest BCUT2D eigenvalue weighted by atomic mass is 10.2. The fourth-order valence-electron chi connectivity index (χ4n) is 0.883. The lowest BCUT2D eigenvalue weighted by Crippen LogP contribution is -2.05. The van der Waals surface area contributed by atoms with E-state index in [-0.39, 0.29) is 0 Å². The molecule has 0 aromatic heterocycles. The lowest BCUT2D eigenvalue weighted by molar-refractivity contribution is -0.0525. The van der Waals surface area contributed by atoms with Crippen molar-refractivity contribution in [1.82, 2.24) is 0 Å². The van der Waals surface area contributed by atoms with Crippen molar-refractivity contribution in [2.45, 2.75) is 13.0 Å². The summed E-state index contributed by atoms with van der Waals surface area (Å²) in [5.74, 6) is -2.33. The van der Waals surface area contributed by atoms with Gasteiger partial charge in [0.05, 0.1) is 5.56 Å². The average Bonchev–Trinajstić information content (AvgIpc) is 2.07. The van der Waals surface area contributed by atoms with Crippen molar-refractivity contribution in [3.05, 3.63) is 29.6 Å². The van der Waals surface area contributed by atoms with Crippen molar-refractivity contribution in [1.29, 1.82) is 0 Å². The van der Waals surface area contributed by atoms with Gasteiger partial charge in [0.1, 0.15) is 0 Å². The zero-order valence-corrected chi connectivity index (χ0v) is 6.68. The van der Waals surface area contributed by atoms with Crippen LogP contribution in [-0.2, 0) is 0 Å². The molecule has 1 aromatic carbocycles. The van der Waals surface area contributed by atoms with Gasteiger partial charge in [-0.2, -0.15) is 8.78 Å². The maximum Gasteiger partial charge on any atom is 0.387 e. The van der Waals surface area contributed by atoms with E-state index >= 15 is 0 Å². The van der Waals surface area contributed by atoms with Crippen LogP contribution in [0.1, 0.15) is 12.0 Å². The quantitative estimate of drug-likeness (QED) is 0.698. The van der Waals surface area contributed by atoms with Gasteiger partial charge in [0.2, 0.25) is 0 Å². The third kappa shape index (κ3) is 2.34. The number of benzene rings is 1. The van der Waals surface area contributed by atoms with Crippen LogP contribution in [0.4, 0.5) is 22.0 Å². The number of hydrogen-bond donors (Lipinski definition) is 0. The topological polar surface area (TPSA) is 9.23 Å². The van der Waals surface area contributed by atoms with Gasteiger partial charge < -0.3 is 4.74 Å². The first-order chi connectivity index (χ1) is 6.52. The van der Waals surface area contributed by atoms with Gasteiger partial charge in [-0.25, -0.2) is 13.2 Å². The third-order valence-electron chi connectivity index (χ3n) is 1.44. The molecular formula is C8H5F5O. The Hall–Kier alpha value is -1.33. The number of alkyl halides is 4. The fourth-order valence-corrected chi connectivity index (χ4v) is 0.883. The molecule has 6 heteroatoms. The molecule has 0 saturated heterocycles. The van der Waals surface area contributed by atoms with Gasteiger partial charge in [-0.05, 0) is 6.07 Å². The lowest BCUT2D eigenvalue weighted by Gasteiger charge is -2.08. The molecule has 1 aromatic rings. The second kappa shape index (κ2) is 4.26. The molecule has 14 heavy (non-hydrogen) atoms. The standard InChI is InChI=1S/C8H5F5O/c9-6-4(7(10)11)2-1-3-5(6)14-8(12)13/h1-3,7-8H. The van der Waals surface area contributed by atoms with Crippen LogP contribution in [0.5, 0.6) is 5.75 Å². The Morgan fingerprint density at radius 3 is 2.21 bits per heavy atom. The van der Waals surface area contributed by atoms with E-state index in [0.29, 0.717) is 0 Å². The van der Waals surface area contributed by atoms with Crippen LogP contribution < -0.4 is 4.74 Å². The van der Waals surface area contributed by atoms with Crippen molar-refractivity contribution in [2.24, 2.45) is 0 Å². The average molecular weight is 212 g/mol. The molecule has 0 amide bonds. The Labute approximate surface area is 76.1 Å². The summed E-state index contributed by atoms with van der Waals surface area (Å²) in [4.78, 5) is 0. The second-order valence-electron chi connectivity index (χ2n) is 2.34. The number of rotatable bonds is 3. The van der Waals surface area contributed by atoms with E-state index in [2.05, 4.69) is 4.74 Å².